The Morgan fingerprint density at radius 3 is 2.48 bits per heavy atom. The minimum atomic E-state index is 0.149. The Morgan fingerprint density at radius 2 is 1.83 bits per heavy atom. The maximum atomic E-state index is 5.86. The summed E-state index contributed by atoms with van der Waals surface area (Å²) in [5.41, 5.74) is 0. The fourth-order valence-corrected chi connectivity index (χ4v) is 3.70. The molecular formula is C15H19N5O2S. The maximum Gasteiger partial charge on any atom is 0.316 e. The normalized spacial score (nSPS) is 18.9. The molecule has 2 aromatic rings. The van der Waals surface area contributed by atoms with Crippen LogP contribution in [0.15, 0.2) is 12.4 Å². The minimum Gasteiger partial charge on any atom is -0.494 e. The average Bonchev–Trinajstić information content (AvgIpc) is 3.34. The monoisotopic (exact) mass is 333 g/mol. The van der Waals surface area contributed by atoms with E-state index in [0.29, 0.717) is 17.7 Å². The van der Waals surface area contributed by atoms with Crippen LogP contribution in [0, 0.1) is 0 Å². The molecule has 2 fully saturated rings. The van der Waals surface area contributed by atoms with E-state index in [1.165, 1.54) is 17.8 Å². The topological polar surface area (TPSA) is 73.3 Å². The zero-order valence-corrected chi connectivity index (χ0v) is 13.8. The molecule has 0 bridgehead atoms. The average molecular weight is 333 g/mol. The molecule has 0 radical (unpaired) electrons. The van der Waals surface area contributed by atoms with Crippen molar-refractivity contribution >= 4 is 16.5 Å². The predicted molar refractivity (Wildman–Crippen MR) is 86.3 cm³/mol. The van der Waals surface area contributed by atoms with Gasteiger partial charge < -0.3 is 14.4 Å². The summed E-state index contributed by atoms with van der Waals surface area (Å²) in [7, 11) is 1.59. The number of piperidine rings is 1. The van der Waals surface area contributed by atoms with Gasteiger partial charge in [-0.3, -0.25) is 0 Å². The van der Waals surface area contributed by atoms with E-state index in [1.807, 2.05) is 0 Å². The van der Waals surface area contributed by atoms with E-state index in [4.69, 9.17) is 9.47 Å². The summed E-state index contributed by atoms with van der Waals surface area (Å²) >= 11 is 1.74. The first-order valence-corrected chi connectivity index (χ1v) is 8.74. The van der Waals surface area contributed by atoms with Crippen molar-refractivity contribution in [1.29, 1.82) is 0 Å². The van der Waals surface area contributed by atoms with Crippen LogP contribution in [0.25, 0.3) is 0 Å². The standard InChI is InChI=1S/C15H19N5O2S/c1-21-12-8-16-14(17-9-12)22-11-4-6-20(7-5-11)15-19-18-13(23-15)10-2-3-10/h8-11H,2-7H2,1H3. The van der Waals surface area contributed by atoms with Crippen molar-refractivity contribution < 1.29 is 9.47 Å². The third-order valence-corrected chi connectivity index (χ3v) is 5.33. The second kappa shape index (κ2) is 6.27. The quantitative estimate of drug-likeness (QED) is 0.831. The van der Waals surface area contributed by atoms with Gasteiger partial charge in [0.2, 0.25) is 5.13 Å². The molecule has 3 heterocycles. The van der Waals surface area contributed by atoms with Gasteiger partial charge in [0, 0.05) is 31.8 Å². The lowest BCUT2D eigenvalue weighted by Gasteiger charge is -2.30. The molecule has 0 unspecified atom stereocenters. The van der Waals surface area contributed by atoms with Gasteiger partial charge in [0.1, 0.15) is 11.1 Å². The molecule has 1 saturated carbocycles. The highest BCUT2D eigenvalue weighted by Crippen LogP contribution is 2.42. The summed E-state index contributed by atoms with van der Waals surface area (Å²) in [4.78, 5) is 10.6. The summed E-state index contributed by atoms with van der Waals surface area (Å²) in [6.07, 6.45) is 7.81. The van der Waals surface area contributed by atoms with Gasteiger partial charge in [0.25, 0.3) is 0 Å². The van der Waals surface area contributed by atoms with E-state index in [1.54, 1.807) is 30.8 Å². The number of ether oxygens (including phenoxy) is 2. The third kappa shape index (κ3) is 3.36. The molecule has 23 heavy (non-hydrogen) atoms. The molecule has 8 heteroatoms. The predicted octanol–water partition coefficient (Wildman–Crippen LogP) is 2.26. The molecule has 0 amide bonds. The molecule has 0 spiro atoms. The van der Waals surface area contributed by atoms with Crippen molar-refractivity contribution in [2.75, 3.05) is 25.1 Å². The molecule has 1 saturated heterocycles. The summed E-state index contributed by atoms with van der Waals surface area (Å²) in [6.45, 7) is 1.86. The molecule has 1 aliphatic carbocycles. The van der Waals surface area contributed by atoms with Gasteiger partial charge in [-0.2, -0.15) is 9.97 Å². The lowest BCUT2D eigenvalue weighted by molar-refractivity contribution is 0.156. The fraction of sp³-hybridized carbons (Fsp3) is 0.600. The van der Waals surface area contributed by atoms with Crippen LogP contribution in [0.3, 0.4) is 0 Å². The van der Waals surface area contributed by atoms with Crippen molar-refractivity contribution in [2.45, 2.75) is 37.7 Å². The van der Waals surface area contributed by atoms with Crippen LogP contribution in [0.5, 0.6) is 11.8 Å². The molecule has 0 N–H and O–H groups in total. The summed E-state index contributed by atoms with van der Waals surface area (Å²) < 4.78 is 10.9. The molecule has 2 aliphatic rings. The van der Waals surface area contributed by atoms with Crippen molar-refractivity contribution in [3.8, 4) is 11.8 Å². The molecule has 1 aliphatic heterocycles. The number of hydrogen-bond acceptors (Lipinski definition) is 8. The van der Waals surface area contributed by atoms with Crippen molar-refractivity contribution in [1.82, 2.24) is 20.2 Å². The Bertz CT molecular complexity index is 650. The Balaban J connectivity index is 1.31. The number of nitrogens with zero attached hydrogens (tertiary/aromatic N) is 5. The lowest BCUT2D eigenvalue weighted by Crippen LogP contribution is -2.38. The van der Waals surface area contributed by atoms with Gasteiger partial charge in [-0.15, -0.1) is 10.2 Å². The zero-order valence-electron chi connectivity index (χ0n) is 13.0. The highest BCUT2D eigenvalue weighted by molar-refractivity contribution is 7.15. The number of methoxy groups -OCH3 is 1. The fourth-order valence-electron chi connectivity index (χ4n) is 2.63. The summed E-state index contributed by atoms with van der Waals surface area (Å²) in [5.74, 6) is 1.31. The van der Waals surface area contributed by atoms with Crippen molar-refractivity contribution in [2.24, 2.45) is 0 Å². The van der Waals surface area contributed by atoms with E-state index in [2.05, 4.69) is 25.1 Å². The first-order chi connectivity index (χ1) is 11.3. The lowest BCUT2D eigenvalue weighted by atomic mass is 10.1. The third-order valence-electron chi connectivity index (χ3n) is 4.18. The molecule has 2 aromatic heterocycles. The Labute approximate surface area is 138 Å². The second-order valence-corrected chi connectivity index (χ2v) is 6.89. The van der Waals surface area contributed by atoms with Crippen LogP contribution in [0.2, 0.25) is 0 Å². The highest BCUT2D eigenvalue weighted by atomic mass is 32.1. The van der Waals surface area contributed by atoms with Crippen molar-refractivity contribution in [3.05, 3.63) is 17.4 Å². The van der Waals surface area contributed by atoms with Crippen LogP contribution < -0.4 is 14.4 Å². The van der Waals surface area contributed by atoms with Crippen molar-refractivity contribution in [3.63, 3.8) is 0 Å². The number of hydrogen-bond donors (Lipinski definition) is 0. The van der Waals surface area contributed by atoms with Crippen LogP contribution >= 0.6 is 11.3 Å². The molecule has 0 atom stereocenters. The Kier molecular flexibility index (Phi) is 3.99. The SMILES string of the molecule is COc1cnc(OC2CCN(c3nnc(C4CC4)s3)CC2)nc1. The van der Waals surface area contributed by atoms with E-state index in [9.17, 15) is 0 Å². The Morgan fingerprint density at radius 1 is 1.09 bits per heavy atom. The van der Waals surface area contributed by atoms with Gasteiger partial charge in [-0.05, 0) is 12.8 Å². The molecule has 7 nitrogen and oxygen atoms in total. The summed E-state index contributed by atoms with van der Waals surface area (Å²) in [5, 5.41) is 10.9. The number of anilines is 1. The van der Waals surface area contributed by atoms with E-state index >= 15 is 0 Å². The molecular weight excluding hydrogens is 314 g/mol. The maximum absolute atomic E-state index is 5.86. The Hall–Kier alpha value is -1.96. The number of rotatable bonds is 5. The number of aromatic nitrogens is 4. The first-order valence-electron chi connectivity index (χ1n) is 7.93. The largest absolute Gasteiger partial charge is 0.494 e. The van der Waals surface area contributed by atoms with Crippen LogP contribution in [0.4, 0.5) is 5.13 Å². The molecule has 0 aromatic carbocycles. The van der Waals surface area contributed by atoms with E-state index in [0.717, 1.165) is 31.1 Å². The van der Waals surface area contributed by atoms with Gasteiger partial charge in [-0.1, -0.05) is 11.3 Å². The van der Waals surface area contributed by atoms with Gasteiger partial charge >= 0.3 is 6.01 Å². The van der Waals surface area contributed by atoms with Crippen LogP contribution in [0.1, 0.15) is 36.6 Å². The van der Waals surface area contributed by atoms with Gasteiger partial charge in [-0.25, -0.2) is 0 Å². The molecule has 122 valence electrons. The first kappa shape index (κ1) is 14.6. The second-order valence-electron chi connectivity index (χ2n) is 5.91. The summed E-state index contributed by atoms with van der Waals surface area (Å²) in [6, 6.07) is 0.413. The smallest absolute Gasteiger partial charge is 0.316 e. The zero-order chi connectivity index (χ0) is 15.6. The molecule has 4 rings (SSSR count). The van der Waals surface area contributed by atoms with E-state index in [-0.39, 0.29) is 6.10 Å². The van der Waals surface area contributed by atoms with Gasteiger partial charge in [0.05, 0.1) is 19.5 Å². The van der Waals surface area contributed by atoms with Gasteiger partial charge in [0.15, 0.2) is 5.75 Å². The highest BCUT2D eigenvalue weighted by Gasteiger charge is 2.29. The van der Waals surface area contributed by atoms with Crippen LogP contribution in [-0.4, -0.2) is 46.5 Å². The van der Waals surface area contributed by atoms with E-state index < -0.39 is 0 Å². The minimum absolute atomic E-state index is 0.149. The van der Waals surface area contributed by atoms with Crippen LogP contribution in [-0.2, 0) is 0 Å².